The smallest absolute Gasteiger partial charge is 0.318 e. The molecule has 0 radical (unpaired) electrons. The molecule has 1 aromatic rings. The quantitative estimate of drug-likeness (QED) is 0.845. The highest BCUT2D eigenvalue weighted by atomic mass is 16.2. The zero-order chi connectivity index (χ0) is 14.2. The van der Waals surface area contributed by atoms with Crippen molar-refractivity contribution >= 4 is 6.03 Å². The molecule has 108 valence electrons. The minimum Gasteiger partial charge on any atom is -0.338 e. The van der Waals surface area contributed by atoms with E-state index in [4.69, 9.17) is 0 Å². The Balaban J connectivity index is 1.62. The van der Waals surface area contributed by atoms with Gasteiger partial charge in [0.1, 0.15) is 0 Å². The maximum Gasteiger partial charge on any atom is 0.318 e. The molecule has 2 rings (SSSR count). The maximum atomic E-state index is 11.6. The highest BCUT2D eigenvalue weighted by Gasteiger charge is 2.11. The Morgan fingerprint density at radius 2 is 2.15 bits per heavy atom. The number of aryl methyl sites for hydroxylation is 1. The Kier molecular flexibility index (Phi) is 5.66. The minimum atomic E-state index is -0.119. The number of urea groups is 1. The summed E-state index contributed by atoms with van der Waals surface area (Å²) in [5.74, 6) is 0.655. The van der Waals surface area contributed by atoms with Gasteiger partial charge in [0, 0.05) is 12.7 Å². The predicted octanol–water partition coefficient (Wildman–Crippen LogP) is 3.54. The lowest BCUT2D eigenvalue weighted by molar-refractivity contribution is 0.244. The first-order chi connectivity index (χ1) is 9.74. The summed E-state index contributed by atoms with van der Waals surface area (Å²) in [6.45, 7) is 2.74. The van der Waals surface area contributed by atoms with Gasteiger partial charge >= 0.3 is 6.03 Å². The fraction of sp³-hybridized carbons (Fsp3) is 0.471. The lowest BCUT2D eigenvalue weighted by Crippen LogP contribution is -2.33. The van der Waals surface area contributed by atoms with E-state index in [9.17, 15) is 4.79 Å². The first-order valence-corrected chi connectivity index (χ1v) is 7.50. The van der Waals surface area contributed by atoms with Gasteiger partial charge in [0.25, 0.3) is 0 Å². The Morgan fingerprint density at radius 3 is 2.90 bits per heavy atom. The number of hydrogen-bond donors (Lipinski definition) is 2. The van der Waals surface area contributed by atoms with Gasteiger partial charge in [0.2, 0.25) is 0 Å². The number of allylic oxidation sites excluding steroid dienone is 1. The van der Waals surface area contributed by atoms with E-state index in [2.05, 4.69) is 47.9 Å². The van der Waals surface area contributed by atoms with Gasteiger partial charge in [-0.1, -0.05) is 48.7 Å². The van der Waals surface area contributed by atoms with Crippen molar-refractivity contribution in [3.05, 3.63) is 47.7 Å². The van der Waals surface area contributed by atoms with Crippen LogP contribution in [0.5, 0.6) is 0 Å². The second-order valence-electron chi connectivity index (χ2n) is 5.54. The van der Waals surface area contributed by atoms with E-state index >= 15 is 0 Å². The van der Waals surface area contributed by atoms with Gasteiger partial charge in [-0.25, -0.2) is 4.79 Å². The molecule has 3 heteroatoms. The third-order valence-corrected chi connectivity index (χ3v) is 3.76. The molecule has 1 saturated carbocycles. The first kappa shape index (κ1) is 14.6. The topological polar surface area (TPSA) is 41.1 Å². The van der Waals surface area contributed by atoms with Crippen LogP contribution in [0.2, 0.25) is 0 Å². The number of carbonyl (C=O) groups excluding carboxylic acids is 1. The normalized spacial score (nSPS) is 15.7. The maximum absolute atomic E-state index is 11.6. The molecule has 0 spiro atoms. The molecule has 0 bridgehead atoms. The van der Waals surface area contributed by atoms with E-state index < -0.39 is 0 Å². The van der Waals surface area contributed by atoms with Crippen molar-refractivity contribution in [3.63, 3.8) is 0 Å². The van der Waals surface area contributed by atoms with Crippen molar-refractivity contribution in [1.82, 2.24) is 10.6 Å². The lowest BCUT2D eigenvalue weighted by atomic mass is 10.1. The zero-order valence-corrected chi connectivity index (χ0v) is 12.2. The second-order valence-corrected chi connectivity index (χ2v) is 5.54. The SMILES string of the molecule is Cc1cccc(CCNC(=O)N/C=C/C2CCCC2)c1. The third-order valence-electron chi connectivity index (χ3n) is 3.76. The molecule has 0 heterocycles. The van der Waals surface area contributed by atoms with Crippen molar-refractivity contribution in [2.24, 2.45) is 5.92 Å². The molecule has 0 atom stereocenters. The predicted molar refractivity (Wildman–Crippen MR) is 82.5 cm³/mol. The van der Waals surface area contributed by atoms with Crippen molar-refractivity contribution in [3.8, 4) is 0 Å². The summed E-state index contributed by atoms with van der Waals surface area (Å²) in [6, 6.07) is 8.26. The van der Waals surface area contributed by atoms with Crippen molar-refractivity contribution in [2.45, 2.75) is 39.0 Å². The number of nitrogens with one attached hydrogen (secondary N) is 2. The first-order valence-electron chi connectivity index (χ1n) is 7.50. The molecule has 20 heavy (non-hydrogen) atoms. The Hall–Kier alpha value is -1.77. The highest BCUT2D eigenvalue weighted by molar-refractivity contribution is 5.74. The zero-order valence-electron chi connectivity index (χ0n) is 12.2. The van der Waals surface area contributed by atoms with Gasteiger partial charge in [-0.3, -0.25) is 0 Å². The van der Waals surface area contributed by atoms with Crippen LogP contribution in [0.1, 0.15) is 36.8 Å². The van der Waals surface area contributed by atoms with Gasteiger partial charge < -0.3 is 10.6 Å². The van der Waals surface area contributed by atoms with E-state index in [0.717, 1.165) is 6.42 Å². The molecule has 2 N–H and O–H groups in total. The second kappa shape index (κ2) is 7.73. The van der Waals surface area contributed by atoms with Crippen molar-refractivity contribution < 1.29 is 4.79 Å². The third kappa shape index (κ3) is 5.08. The van der Waals surface area contributed by atoms with Crippen molar-refractivity contribution in [2.75, 3.05) is 6.54 Å². The highest BCUT2D eigenvalue weighted by Crippen LogP contribution is 2.25. The minimum absolute atomic E-state index is 0.119. The average molecular weight is 272 g/mol. The summed E-state index contributed by atoms with van der Waals surface area (Å²) in [5.41, 5.74) is 2.51. The monoisotopic (exact) mass is 272 g/mol. The summed E-state index contributed by atoms with van der Waals surface area (Å²) in [5, 5.41) is 5.65. The van der Waals surface area contributed by atoms with Crippen LogP contribution in [0.4, 0.5) is 4.79 Å². The molecular formula is C17H24N2O. The van der Waals surface area contributed by atoms with E-state index in [-0.39, 0.29) is 6.03 Å². The summed E-state index contributed by atoms with van der Waals surface area (Å²) >= 11 is 0. The largest absolute Gasteiger partial charge is 0.338 e. The van der Waals surface area contributed by atoms with Gasteiger partial charge in [0.15, 0.2) is 0 Å². The molecule has 3 nitrogen and oxygen atoms in total. The average Bonchev–Trinajstić information content (AvgIpc) is 2.92. The number of hydrogen-bond acceptors (Lipinski definition) is 1. The fourth-order valence-electron chi connectivity index (χ4n) is 2.65. The van der Waals surface area contributed by atoms with E-state index in [1.165, 1.54) is 36.8 Å². The van der Waals surface area contributed by atoms with Crippen LogP contribution in [0, 0.1) is 12.8 Å². The number of amides is 2. The Bertz CT molecular complexity index is 462. The van der Waals surface area contributed by atoms with E-state index in [0.29, 0.717) is 12.5 Å². The number of benzene rings is 1. The van der Waals surface area contributed by atoms with Gasteiger partial charge in [-0.05, 0) is 37.7 Å². The molecule has 1 aliphatic carbocycles. The molecule has 1 fully saturated rings. The lowest BCUT2D eigenvalue weighted by Gasteiger charge is -2.06. The van der Waals surface area contributed by atoms with Crippen LogP contribution in [-0.2, 0) is 6.42 Å². The molecule has 0 aliphatic heterocycles. The number of rotatable bonds is 5. The van der Waals surface area contributed by atoms with Crippen LogP contribution in [0.3, 0.4) is 0 Å². The molecule has 2 amide bonds. The van der Waals surface area contributed by atoms with Crippen LogP contribution in [0.25, 0.3) is 0 Å². The number of carbonyl (C=O) groups is 1. The molecule has 1 aromatic carbocycles. The summed E-state index contributed by atoms with van der Waals surface area (Å²) in [4.78, 5) is 11.6. The van der Waals surface area contributed by atoms with Crippen LogP contribution in [0.15, 0.2) is 36.5 Å². The van der Waals surface area contributed by atoms with Crippen LogP contribution in [-0.4, -0.2) is 12.6 Å². The molecule has 0 saturated heterocycles. The van der Waals surface area contributed by atoms with E-state index in [1.54, 1.807) is 6.20 Å². The summed E-state index contributed by atoms with van der Waals surface area (Å²) < 4.78 is 0. The summed E-state index contributed by atoms with van der Waals surface area (Å²) in [6.07, 6.45) is 9.92. The standard InChI is InChI=1S/C17H24N2O/c1-14-5-4-8-16(13-14)10-12-19-17(20)18-11-9-15-6-2-3-7-15/h4-5,8-9,11,13,15H,2-3,6-7,10,12H2,1H3,(H2,18,19,20)/b11-9+. The Labute approximate surface area is 121 Å². The summed E-state index contributed by atoms with van der Waals surface area (Å²) in [7, 11) is 0. The van der Waals surface area contributed by atoms with Gasteiger partial charge in [-0.2, -0.15) is 0 Å². The molecular weight excluding hydrogens is 248 g/mol. The van der Waals surface area contributed by atoms with Crippen LogP contribution < -0.4 is 10.6 Å². The van der Waals surface area contributed by atoms with E-state index in [1.807, 2.05) is 0 Å². The Morgan fingerprint density at radius 1 is 1.35 bits per heavy atom. The van der Waals surface area contributed by atoms with Gasteiger partial charge in [0.05, 0.1) is 0 Å². The molecule has 1 aliphatic rings. The fourth-order valence-corrected chi connectivity index (χ4v) is 2.65. The van der Waals surface area contributed by atoms with Crippen LogP contribution >= 0.6 is 0 Å². The molecule has 0 aromatic heterocycles. The molecule has 0 unspecified atom stereocenters. The van der Waals surface area contributed by atoms with Gasteiger partial charge in [-0.15, -0.1) is 0 Å². The van der Waals surface area contributed by atoms with Crippen molar-refractivity contribution in [1.29, 1.82) is 0 Å².